The number of hydrogen-bond donors (Lipinski definition) is 0. The molecule has 2 aliphatic carbocycles. The van der Waals surface area contributed by atoms with Gasteiger partial charge in [0.05, 0.1) is 5.54 Å². The van der Waals surface area contributed by atoms with Gasteiger partial charge in [-0.25, -0.2) is 0 Å². The van der Waals surface area contributed by atoms with E-state index in [-0.39, 0.29) is 22.3 Å². The second kappa shape index (κ2) is 2.65. The minimum atomic E-state index is -0.700. The maximum atomic E-state index is 12.3. The van der Waals surface area contributed by atoms with Crippen LogP contribution in [0.4, 0.5) is 0 Å². The molecule has 0 unspecified atom stereocenters. The lowest BCUT2D eigenvalue weighted by Crippen LogP contribution is -2.52. The van der Waals surface area contributed by atoms with Crippen LogP contribution in [0.2, 0.25) is 0 Å². The summed E-state index contributed by atoms with van der Waals surface area (Å²) in [5.41, 5.74) is -0.226. The third-order valence-corrected chi connectivity index (χ3v) is 7.39. The van der Waals surface area contributed by atoms with Crippen molar-refractivity contribution >= 4 is 29.1 Å². The molecule has 4 aliphatic rings. The van der Waals surface area contributed by atoms with E-state index in [1.54, 1.807) is 0 Å². The standard InChI is InChI=1S/C13H17Cl2NO/c1-10-4-2-5-11-6-3-7-16(9(17)8-10)12(10,11)13(11,14)15/h2-8H2,1H3/t10-,11-,12+/m1/s1. The van der Waals surface area contributed by atoms with Crippen molar-refractivity contribution in [3.05, 3.63) is 0 Å². The first-order valence-electron chi connectivity index (χ1n) is 6.61. The Morgan fingerprint density at radius 2 is 1.88 bits per heavy atom. The molecule has 4 fully saturated rings. The van der Waals surface area contributed by atoms with Gasteiger partial charge in [0.25, 0.3) is 0 Å². The maximum absolute atomic E-state index is 12.3. The molecule has 0 aromatic heterocycles. The zero-order chi connectivity index (χ0) is 12.1. The fourth-order valence-electron chi connectivity index (χ4n) is 5.72. The van der Waals surface area contributed by atoms with E-state index in [1.165, 1.54) is 6.42 Å². The summed E-state index contributed by atoms with van der Waals surface area (Å²) in [4.78, 5) is 14.3. The smallest absolute Gasteiger partial charge is 0.223 e. The maximum Gasteiger partial charge on any atom is 0.223 e. The summed E-state index contributed by atoms with van der Waals surface area (Å²) in [5, 5.41) is 0. The lowest BCUT2D eigenvalue weighted by Gasteiger charge is -2.46. The molecular weight excluding hydrogens is 257 g/mol. The zero-order valence-electron chi connectivity index (χ0n) is 10.1. The average Bonchev–Trinajstić information content (AvgIpc) is 2.60. The van der Waals surface area contributed by atoms with Gasteiger partial charge in [-0.2, -0.15) is 0 Å². The highest BCUT2D eigenvalue weighted by atomic mass is 35.5. The van der Waals surface area contributed by atoms with E-state index in [4.69, 9.17) is 23.2 Å². The Morgan fingerprint density at radius 1 is 1.18 bits per heavy atom. The van der Waals surface area contributed by atoms with Crippen LogP contribution in [0.1, 0.15) is 45.4 Å². The summed E-state index contributed by atoms with van der Waals surface area (Å²) >= 11 is 13.4. The van der Waals surface area contributed by atoms with Crippen LogP contribution in [-0.2, 0) is 4.79 Å². The number of alkyl halides is 2. The predicted molar refractivity (Wildman–Crippen MR) is 67.1 cm³/mol. The van der Waals surface area contributed by atoms with Crippen molar-refractivity contribution in [2.24, 2.45) is 10.8 Å². The lowest BCUT2D eigenvalue weighted by atomic mass is 9.65. The van der Waals surface area contributed by atoms with E-state index in [1.807, 2.05) is 0 Å². The number of nitrogens with zero attached hydrogens (tertiary/aromatic N) is 1. The Labute approximate surface area is 112 Å². The molecule has 94 valence electrons. The quantitative estimate of drug-likeness (QED) is 0.621. The molecule has 2 heterocycles. The van der Waals surface area contributed by atoms with Gasteiger partial charge in [-0.15, -0.1) is 0 Å². The van der Waals surface area contributed by atoms with Gasteiger partial charge in [-0.05, 0) is 25.7 Å². The van der Waals surface area contributed by atoms with E-state index in [0.717, 1.165) is 32.2 Å². The largest absolute Gasteiger partial charge is 0.333 e. The third-order valence-electron chi connectivity index (χ3n) is 6.12. The first kappa shape index (κ1) is 10.9. The summed E-state index contributed by atoms with van der Waals surface area (Å²) < 4.78 is -0.700. The molecule has 0 radical (unpaired) electrons. The van der Waals surface area contributed by atoms with Crippen molar-refractivity contribution in [1.29, 1.82) is 0 Å². The molecule has 0 N–H and O–H groups in total. The fraction of sp³-hybridized carbons (Fsp3) is 0.923. The van der Waals surface area contributed by atoms with Gasteiger partial charge in [0.1, 0.15) is 4.33 Å². The molecule has 1 amide bonds. The average molecular weight is 274 g/mol. The molecule has 0 aromatic carbocycles. The van der Waals surface area contributed by atoms with E-state index in [0.29, 0.717) is 6.42 Å². The van der Waals surface area contributed by atoms with Crippen molar-refractivity contribution < 1.29 is 4.79 Å². The van der Waals surface area contributed by atoms with Crippen molar-refractivity contribution in [3.8, 4) is 0 Å². The summed E-state index contributed by atoms with van der Waals surface area (Å²) in [6, 6.07) is 0. The van der Waals surface area contributed by atoms with Gasteiger partial charge in [-0.3, -0.25) is 4.79 Å². The van der Waals surface area contributed by atoms with Crippen LogP contribution < -0.4 is 0 Å². The van der Waals surface area contributed by atoms with Crippen LogP contribution >= 0.6 is 23.2 Å². The second-order valence-electron chi connectivity index (χ2n) is 6.61. The van der Waals surface area contributed by atoms with Crippen molar-refractivity contribution in [2.75, 3.05) is 6.54 Å². The van der Waals surface area contributed by atoms with Crippen molar-refractivity contribution in [2.45, 2.75) is 55.3 Å². The molecule has 2 saturated heterocycles. The summed E-state index contributed by atoms with van der Waals surface area (Å²) in [6.45, 7) is 3.09. The van der Waals surface area contributed by atoms with Gasteiger partial charge in [0, 0.05) is 23.8 Å². The molecule has 4 heteroatoms. The molecule has 4 rings (SSSR count). The Kier molecular flexibility index (Phi) is 1.70. The van der Waals surface area contributed by atoms with Crippen molar-refractivity contribution in [1.82, 2.24) is 4.90 Å². The number of hydrogen-bond acceptors (Lipinski definition) is 1. The van der Waals surface area contributed by atoms with Crippen LogP contribution in [0.3, 0.4) is 0 Å². The highest BCUT2D eigenvalue weighted by Crippen LogP contribution is 2.88. The first-order valence-corrected chi connectivity index (χ1v) is 7.37. The molecule has 2 nitrogen and oxygen atoms in total. The highest BCUT2D eigenvalue weighted by Gasteiger charge is 2.96. The zero-order valence-corrected chi connectivity index (χ0v) is 11.6. The Morgan fingerprint density at radius 3 is 2.65 bits per heavy atom. The summed E-state index contributed by atoms with van der Waals surface area (Å²) in [5.74, 6) is 0.279. The molecule has 0 aromatic rings. The van der Waals surface area contributed by atoms with Crippen LogP contribution in [0.5, 0.6) is 0 Å². The minimum absolute atomic E-state index is 0.000517. The second-order valence-corrected chi connectivity index (χ2v) is 7.93. The lowest BCUT2D eigenvalue weighted by molar-refractivity contribution is -0.131. The van der Waals surface area contributed by atoms with Gasteiger partial charge >= 0.3 is 0 Å². The first-order chi connectivity index (χ1) is 7.93. The van der Waals surface area contributed by atoms with Gasteiger partial charge < -0.3 is 4.90 Å². The summed E-state index contributed by atoms with van der Waals surface area (Å²) in [7, 11) is 0. The molecule has 2 saturated carbocycles. The molecule has 1 spiro atoms. The van der Waals surface area contributed by atoms with E-state index < -0.39 is 4.33 Å². The SMILES string of the molecule is C[C@@]12CCC[C@@]34CCCN(C(=O)C1)[C@@]23C4(Cl)Cl. The van der Waals surface area contributed by atoms with Crippen LogP contribution in [0.15, 0.2) is 0 Å². The van der Waals surface area contributed by atoms with Gasteiger partial charge in [-0.1, -0.05) is 36.5 Å². The number of halogens is 2. The third kappa shape index (κ3) is 0.772. The highest BCUT2D eigenvalue weighted by molar-refractivity contribution is 6.53. The fourth-order valence-corrected chi connectivity index (χ4v) is 7.30. The van der Waals surface area contributed by atoms with E-state index >= 15 is 0 Å². The number of piperidine rings is 1. The Balaban J connectivity index is 1.98. The van der Waals surface area contributed by atoms with Crippen LogP contribution in [0, 0.1) is 10.8 Å². The van der Waals surface area contributed by atoms with Crippen LogP contribution in [0.25, 0.3) is 0 Å². The Bertz CT molecular complexity index is 433. The van der Waals surface area contributed by atoms with Crippen molar-refractivity contribution in [3.63, 3.8) is 0 Å². The number of rotatable bonds is 0. The van der Waals surface area contributed by atoms with Gasteiger partial charge in [0.2, 0.25) is 5.91 Å². The number of amides is 1. The topological polar surface area (TPSA) is 20.3 Å². The Hall–Kier alpha value is 0.0500. The number of carbonyl (C=O) groups is 1. The minimum Gasteiger partial charge on any atom is -0.333 e. The summed E-state index contributed by atoms with van der Waals surface area (Å²) in [6.07, 6.45) is 6.16. The molecule has 0 bridgehead atoms. The molecule has 3 atom stereocenters. The molecule has 2 aliphatic heterocycles. The predicted octanol–water partition coefficient (Wildman–Crippen LogP) is 3.12. The van der Waals surface area contributed by atoms with Crippen LogP contribution in [-0.4, -0.2) is 27.2 Å². The molecular formula is C13H17Cl2NO. The van der Waals surface area contributed by atoms with Gasteiger partial charge in [0.15, 0.2) is 0 Å². The normalized spacial score (nSPS) is 54.3. The monoisotopic (exact) mass is 273 g/mol. The number of carbonyl (C=O) groups excluding carboxylic acids is 1. The molecule has 17 heavy (non-hydrogen) atoms. The van der Waals surface area contributed by atoms with E-state index in [9.17, 15) is 4.79 Å². The van der Waals surface area contributed by atoms with E-state index in [2.05, 4.69) is 11.8 Å².